The average molecular weight is 428 g/mol. The van der Waals surface area contributed by atoms with Crippen LogP contribution >= 0.6 is 0 Å². The molecular weight excluding hydrogens is 378 g/mol. The lowest BCUT2D eigenvalue weighted by Crippen LogP contribution is -2.48. The summed E-state index contributed by atoms with van der Waals surface area (Å²) in [5, 5.41) is 0. The summed E-state index contributed by atoms with van der Waals surface area (Å²) in [6.07, 6.45) is 10.8. The molecule has 5 nitrogen and oxygen atoms in total. The van der Waals surface area contributed by atoms with Gasteiger partial charge in [0.15, 0.2) is 0 Å². The highest BCUT2D eigenvalue weighted by molar-refractivity contribution is 6.36. The van der Waals surface area contributed by atoms with Crippen molar-refractivity contribution in [1.29, 1.82) is 0 Å². The predicted octanol–water partition coefficient (Wildman–Crippen LogP) is 3.77. The van der Waals surface area contributed by atoms with Crippen molar-refractivity contribution in [3.05, 3.63) is 0 Å². The quantitative estimate of drug-likeness (QED) is 0.178. The molecule has 0 atom stereocenters. The van der Waals surface area contributed by atoms with E-state index in [1.165, 1.54) is 116 Å². The van der Waals surface area contributed by atoms with Gasteiger partial charge in [-0.3, -0.25) is 4.90 Å². The summed E-state index contributed by atoms with van der Waals surface area (Å²) in [7, 11) is 4.24. The highest BCUT2D eigenvalue weighted by Gasteiger charge is 2.16. The van der Waals surface area contributed by atoms with Gasteiger partial charge in [0, 0.05) is 53.5 Å². The summed E-state index contributed by atoms with van der Waals surface area (Å²) in [5.74, 6) is 0.0158. The Morgan fingerprint density at radius 1 is 0.724 bits per heavy atom. The summed E-state index contributed by atoms with van der Waals surface area (Å²) >= 11 is 0. The van der Waals surface area contributed by atoms with E-state index in [2.05, 4.69) is 28.5 Å². The SMILES string of the molecule is CCCN(CCC)CCN1CCN(CCCCCCCC[Si]C(OC)OC)CC1. The fourth-order valence-electron chi connectivity index (χ4n) is 4.14. The van der Waals surface area contributed by atoms with E-state index < -0.39 is 0 Å². The summed E-state index contributed by atoms with van der Waals surface area (Å²) < 4.78 is 10.5. The van der Waals surface area contributed by atoms with Gasteiger partial charge in [-0.2, -0.15) is 0 Å². The van der Waals surface area contributed by atoms with Gasteiger partial charge in [0.1, 0.15) is 15.4 Å². The number of hydrogen-bond donors (Lipinski definition) is 0. The van der Waals surface area contributed by atoms with E-state index in [1.807, 2.05) is 0 Å². The van der Waals surface area contributed by atoms with E-state index in [9.17, 15) is 0 Å². The van der Waals surface area contributed by atoms with Crippen LogP contribution in [0.25, 0.3) is 0 Å². The third-order valence-corrected chi connectivity index (χ3v) is 7.36. The topological polar surface area (TPSA) is 28.2 Å². The Morgan fingerprint density at radius 2 is 1.24 bits per heavy atom. The lowest BCUT2D eigenvalue weighted by molar-refractivity contribution is -0.0441. The van der Waals surface area contributed by atoms with Crippen LogP contribution in [-0.2, 0) is 9.47 Å². The van der Waals surface area contributed by atoms with Crippen molar-refractivity contribution in [2.45, 2.75) is 77.2 Å². The molecule has 0 spiro atoms. The summed E-state index contributed by atoms with van der Waals surface area (Å²) in [4.78, 5) is 8.00. The van der Waals surface area contributed by atoms with Crippen molar-refractivity contribution in [1.82, 2.24) is 14.7 Å². The van der Waals surface area contributed by atoms with Crippen LogP contribution in [0.1, 0.15) is 65.2 Å². The van der Waals surface area contributed by atoms with Crippen molar-refractivity contribution >= 4 is 9.52 Å². The lowest BCUT2D eigenvalue weighted by Gasteiger charge is -2.35. The monoisotopic (exact) mass is 427 g/mol. The molecule has 0 aromatic rings. The molecule has 0 saturated carbocycles. The van der Waals surface area contributed by atoms with Crippen LogP contribution in [0.15, 0.2) is 0 Å². The Kier molecular flexibility index (Phi) is 17.5. The molecule has 1 rings (SSSR count). The minimum atomic E-state index is 0.0158. The Labute approximate surface area is 184 Å². The van der Waals surface area contributed by atoms with Gasteiger partial charge in [-0.25, -0.2) is 0 Å². The van der Waals surface area contributed by atoms with E-state index in [-0.39, 0.29) is 5.91 Å². The van der Waals surface area contributed by atoms with Crippen molar-refractivity contribution in [3.63, 3.8) is 0 Å². The average Bonchev–Trinajstić information content (AvgIpc) is 2.74. The van der Waals surface area contributed by atoms with Gasteiger partial charge < -0.3 is 19.3 Å². The number of unbranched alkanes of at least 4 members (excludes halogenated alkanes) is 5. The highest BCUT2D eigenvalue weighted by Crippen LogP contribution is 2.10. The van der Waals surface area contributed by atoms with Crippen molar-refractivity contribution in [2.75, 3.05) is 73.1 Å². The molecule has 1 heterocycles. The van der Waals surface area contributed by atoms with Crippen LogP contribution in [0.4, 0.5) is 0 Å². The van der Waals surface area contributed by atoms with Crippen molar-refractivity contribution < 1.29 is 9.47 Å². The van der Waals surface area contributed by atoms with Gasteiger partial charge in [0.25, 0.3) is 0 Å². The first-order chi connectivity index (χ1) is 14.2. The zero-order valence-corrected chi connectivity index (χ0v) is 21.0. The molecule has 0 N–H and O–H groups in total. The molecule has 172 valence electrons. The second-order valence-corrected chi connectivity index (χ2v) is 9.78. The van der Waals surface area contributed by atoms with Crippen LogP contribution in [0.2, 0.25) is 6.04 Å². The minimum absolute atomic E-state index is 0.0158. The Morgan fingerprint density at radius 3 is 1.79 bits per heavy atom. The van der Waals surface area contributed by atoms with Gasteiger partial charge in [0.2, 0.25) is 0 Å². The number of piperazine rings is 1. The Bertz CT molecular complexity index is 345. The highest BCUT2D eigenvalue weighted by atomic mass is 28.2. The molecule has 0 aromatic carbocycles. The van der Waals surface area contributed by atoms with Gasteiger partial charge >= 0.3 is 0 Å². The number of ether oxygens (including phenoxy) is 2. The van der Waals surface area contributed by atoms with Gasteiger partial charge in [0.05, 0.1) is 0 Å². The third kappa shape index (κ3) is 13.8. The van der Waals surface area contributed by atoms with Crippen LogP contribution in [0, 0.1) is 0 Å². The van der Waals surface area contributed by atoms with E-state index in [0.717, 1.165) is 9.52 Å². The largest absolute Gasteiger partial charge is 0.360 e. The normalized spacial score (nSPS) is 16.3. The zero-order valence-electron chi connectivity index (χ0n) is 20.0. The molecular formula is C23H49N3O2Si. The van der Waals surface area contributed by atoms with E-state index in [1.54, 1.807) is 14.2 Å². The summed E-state index contributed by atoms with van der Waals surface area (Å²) in [6, 6.07) is 1.24. The number of nitrogens with zero attached hydrogens (tertiary/aromatic N) is 3. The summed E-state index contributed by atoms with van der Waals surface area (Å²) in [5.41, 5.74) is 0. The maximum Gasteiger partial charge on any atom is 0.136 e. The number of rotatable bonds is 19. The van der Waals surface area contributed by atoms with E-state index in [0.29, 0.717) is 0 Å². The van der Waals surface area contributed by atoms with Crippen molar-refractivity contribution in [2.24, 2.45) is 0 Å². The van der Waals surface area contributed by atoms with E-state index >= 15 is 0 Å². The first-order valence-corrected chi connectivity index (χ1v) is 13.5. The maximum atomic E-state index is 5.25. The smallest absolute Gasteiger partial charge is 0.136 e. The third-order valence-electron chi connectivity index (χ3n) is 5.92. The van der Waals surface area contributed by atoms with Gasteiger partial charge in [-0.15, -0.1) is 0 Å². The number of hydrogen-bond acceptors (Lipinski definition) is 5. The van der Waals surface area contributed by atoms with Crippen molar-refractivity contribution in [3.8, 4) is 0 Å². The molecule has 1 fully saturated rings. The predicted molar refractivity (Wildman–Crippen MR) is 126 cm³/mol. The van der Waals surface area contributed by atoms with Crippen LogP contribution in [-0.4, -0.2) is 103 Å². The fraction of sp³-hybridized carbons (Fsp3) is 1.00. The molecule has 6 heteroatoms. The first-order valence-electron chi connectivity index (χ1n) is 12.2. The lowest BCUT2D eigenvalue weighted by atomic mass is 10.1. The van der Waals surface area contributed by atoms with Gasteiger partial charge in [-0.05, 0) is 38.9 Å². The van der Waals surface area contributed by atoms with Crippen LogP contribution in [0.3, 0.4) is 0 Å². The second kappa shape index (κ2) is 18.8. The molecule has 0 aliphatic carbocycles. The zero-order chi connectivity index (χ0) is 21.2. The Hall–Kier alpha value is 0.0169. The van der Waals surface area contributed by atoms with Crippen LogP contribution < -0.4 is 0 Å². The maximum absolute atomic E-state index is 5.25. The van der Waals surface area contributed by atoms with Crippen LogP contribution in [0.5, 0.6) is 0 Å². The second-order valence-electron chi connectivity index (χ2n) is 8.40. The molecule has 0 amide bonds. The molecule has 29 heavy (non-hydrogen) atoms. The molecule has 0 aromatic heterocycles. The minimum Gasteiger partial charge on any atom is -0.360 e. The molecule has 2 radical (unpaired) electrons. The molecule has 0 bridgehead atoms. The molecule has 1 aliphatic rings. The van der Waals surface area contributed by atoms with Gasteiger partial charge in [-0.1, -0.05) is 52.0 Å². The fourth-order valence-corrected chi connectivity index (χ4v) is 5.16. The first kappa shape index (κ1) is 27.1. The van der Waals surface area contributed by atoms with E-state index in [4.69, 9.17) is 9.47 Å². The molecule has 1 aliphatic heterocycles. The standard InChI is InChI=1S/C23H49N3O2Si/c1-5-13-24(14-6-2)16-19-26-20-17-25(18-21-26)15-11-9-7-8-10-12-22-29-23(27-3)28-4/h23H,5-22H2,1-4H3. The Balaban J connectivity index is 1.94. The summed E-state index contributed by atoms with van der Waals surface area (Å²) in [6.45, 7) is 16.0. The number of methoxy groups -OCH3 is 2. The molecule has 0 unspecified atom stereocenters. The molecule has 1 saturated heterocycles.